The lowest BCUT2D eigenvalue weighted by Gasteiger charge is -2.11. The molecule has 0 radical (unpaired) electrons. The number of benzene rings is 1. The Balaban J connectivity index is 3.21. The molecule has 0 fully saturated rings. The summed E-state index contributed by atoms with van der Waals surface area (Å²) in [5, 5.41) is 0. The topological polar surface area (TPSA) is 0 Å². The Labute approximate surface area is 80.3 Å². The van der Waals surface area contributed by atoms with Crippen LogP contribution in [0.15, 0.2) is 30.8 Å². The van der Waals surface area contributed by atoms with Gasteiger partial charge in [-0.05, 0) is 25.0 Å². The van der Waals surface area contributed by atoms with Crippen LogP contribution in [0.2, 0.25) is 0 Å². The Morgan fingerprint density at radius 2 is 2.08 bits per heavy atom. The fourth-order valence-electron chi connectivity index (χ4n) is 1.35. The zero-order chi connectivity index (χ0) is 9.84. The molecular formula is C13H14. The summed E-state index contributed by atoms with van der Waals surface area (Å²) < 4.78 is 0. The molecule has 0 heterocycles. The first-order valence-electron chi connectivity index (χ1n) is 4.37. The Kier molecular flexibility index (Phi) is 2.93. The van der Waals surface area contributed by atoms with Gasteiger partial charge in [-0.1, -0.05) is 42.3 Å². The van der Waals surface area contributed by atoms with Gasteiger partial charge in [0.1, 0.15) is 0 Å². The zero-order valence-corrected chi connectivity index (χ0v) is 8.17. The second kappa shape index (κ2) is 3.96. The molecule has 1 aromatic carbocycles. The van der Waals surface area contributed by atoms with Crippen LogP contribution < -0.4 is 0 Å². The van der Waals surface area contributed by atoms with Crippen molar-refractivity contribution in [3.05, 3.63) is 42.0 Å². The standard InChI is InChI=1S/C13H14/c1-5-11(4)13-9-7-6-8-12(13)10(2)3/h1,6-9,11H,2H2,3-4H3. The summed E-state index contributed by atoms with van der Waals surface area (Å²) in [5.74, 6) is 2.90. The van der Waals surface area contributed by atoms with E-state index in [0.717, 1.165) is 5.57 Å². The third-order valence-corrected chi connectivity index (χ3v) is 2.14. The number of hydrogen-bond donors (Lipinski definition) is 0. The van der Waals surface area contributed by atoms with Crippen LogP contribution in [0.3, 0.4) is 0 Å². The third-order valence-electron chi connectivity index (χ3n) is 2.14. The first-order valence-corrected chi connectivity index (χ1v) is 4.37. The normalized spacial score (nSPS) is 11.8. The lowest BCUT2D eigenvalue weighted by atomic mass is 9.93. The molecule has 0 aromatic heterocycles. The highest BCUT2D eigenvalue weighted by Gasteiger charge is 2.06. The molecule has 0 nitrogen and oxygen atoms in total. The SMILES string of the molecule is C#CC(C)c1ccccc1C(=C)C. The van der Waals surface area contributed by atoms with E-state index in [-0.39, 0.29) is 5.92 Å². The van der Waals surface area contributed by atoms with Gasteiger partial charge < -0.3 is 0 Å². The largest absolute Gasteiger partial charge is 0.119 e. The lowest BCUT2D eigenvalue weighted by molar-refractivity contribution is 0.999. The van der Waals surface area contributed by atoms with Crippen LogP contribution in [0, 0.1) is 12.3 Å². The van der Waals surface area contributed by atoms with Crippen LogP contribution in [0.5, 0.6) is 0 Å². The van der Waals surface area contributed by atoms with E-state index in [4.69, 9.17) is 6.42 Å². The first-order chi connectivity index (χ1) is 6.16. The number of allylic oxidation sites excluding steroid dienone is 1. The minimum atomic E-state index is 0.160. The van der Waals surface area contributed by atoms with Crippen LogP contribution in [0.1, 0.15) is 30.9 Å². The van der Waals surface area contributed by atoms with Gasteiger partial charge in [0.15, 0.2) is 0 Å². The van der Waals surface area contributed by atoms with Crippen molar-refractivity contribution in [2.75, 3.05) is 0 Å². The molecule has 0 aliphatic carbocycles. The molecule has 0 spiro atoms. The molecule has 0 N–H and O–H groups in total. The van der Waals surface area contributed by atoms with Crippen LogP contribution in [0.4, 0.5) is 0 Å². The minimum absolute atomic E-state index is 0.160. The smallest absolute Gasteiger partial charge is 0.0427 e. The molecule has 1 rings (SSSR count). The lowest BCUT2D eigenvalue weighted by Crippen LogP contribution is -1.94. The minimum Gasteiger partial charge on any atom is -0.119 e. The number of rotatable bonds is 2. The third kappa shape index (κ3) is 2.00. The Bertz CT molecular complexity index is 353. The average molecular weight is 170 g/mol. The molecule has 0 heteroatoms. The van der Waals surface area contributed by atoms with E-state index < -0.39 is 0 Å². The van der Waals surface area contributed by atoms with Gasteiger partial charge >= 0.3 is 0 Å². The van der Waals surface area contributed by atoms with E-state index in [9.17, 15) is 0 Å². The quantitative estimate of drug-likeness (QED) is 0.596. The van der Waals surface area contributed by atoms with E-state index in [2.05, 4.69) is 24.6 Å². The molecular weight excluding hydrogens is 156 g/mol. The summed E-state index contributed by atoms with van der Waals surface area (Å²) >= 11 is 0. The van der Waals surface area contributed by atoms with E-state index >= 15 is 0 Å². The summed E-state index contributed by atoms with van der Waals surface area (Å²) in [6.45, 7) is 7.97. The van der Waals surface area contributed by atoms with Crippen molar-refractivity contribution < 1.29 is 0 Å². The second-order valence-electron chi connectivity index (χ2n) is 3.26. The van der Waals surface area contributed by atoms with Crippen molar-refractivity contribution in [3.63, 3.8) is 0 Å². The van der Waals surface area contributed by atoms with Gasteiger partial charge in [-0.15, -0.1) is 6.42 Å². The fourth-order valence-corrected chi connectivity index (χ4v) is 1.35. The molecule has 0 bridgehead atoms. The molecule has 13 heavy (non-hydrogen) atoms. The fraction of sp³-hybridized carbons (Fsp3) is 0.231. The van der Waals surface area contributed by atoms with Crippen LogP contribution in [-0.2, 0) is 0 Å². The molecule has 0 saturated carbocycles. The van der Waals surface area contributed by atoms with Gasteiger partial charge in [-0.2, -0.15) is 0 Å². The van der Waals surface area contributed by atoms with E-state index in [1.807, 2.05) is 26.0 Å². The summed E-state index contributed by atoms with van der Waals surface area (Å²) in [6.07, 6.45) is 5.39. The van der Waals surface area contributed by atoms with Crippen LogP contribution >= 0.6 is 0 Å². The van der Waals surface area contributed by atoms with E-state index in [1.165, 1.54) is 11.1 Å². The van der Waals surface area contributed by atoms with Crippen molar-refractivity contribution in [1.82, 2.24) is 0 Å². The van der Waals surface area contributed by atoms with Crippen LogP contribution in [-0.4, -0.2) is 0 Å². The maximum Gasteiger partial charge on any atom is 0.0427 e. The second-order valence-corrected chi connectivity index (χ2v) is 3.26. The monoisotopic (exact) mass is 170 g/mol. The van der Waals surface area contributed by atoms with Crippen molar-refractivity contribution in [2.24, 2.45) is 0 Å². The van der Waals surface area contributed by atoms with Gasteiger partial charge in [-0.25, -0.2) is 0 Å². The average Bonchev–Trinajstić information content (AvgIpc) is 2.16. The summed E-state index contributed by atoms with van der Waals surface area (Å²) in [6, 6.07) is 8.15. The molecule has 0 saturated heterocycles. The molecule has 1 atom stereocenters. The highest BCUT2D eigenvalue weighted by Crippen LogP contribution is 2.23. The predicted molar refractivity (Wildman–Crippen MR) is 58.4 cm³/mol. The Hall–Kier alpha value is -1.48. The highest BCUT2D eigenvalue weighted by molar-refractivity contribution is 5.65. The summed E-state index contributed by atoms with van der Waals surface area (Å²) in [7, 11) is 0. The van der Waals surface area contributed by atoms with Gasteiger partial charge in [0.05, 0.1) is 0 Å². The molecule has 0 amide bonds. The first kappa shape index (κ1) is 9.61. The van der Waals surface area contributed by atoms with Crippen molar-refractivity contribution in [2.45, 2.75) is 19.8 Å². The summed E-state index contributed by atoms with van der Waals surface area (Å²) in [4.78, 5) is 0. The van der Waals surface area contributed by atoms with Crippen LogP contribution in [0.25, 0.3) is 5.57 Å². The van der Waals surface area contributed by atoms with E-state index in [1.54, 1.807) is 0 Å². The van der Waals surface area contributed by atoms with Gasteiger partial charge in [-0.3, -0.25) is 0 Å². The zero-order valence-electron chi connectivity index (χ0n) is 8.17. The molecule has 1 unspecified atom stereocenters. The molecule has 1 aromatic rings. The molecule has 66 valence electrons. The van der Waals surface area contributed by atoms with Gasteiger partial charge in [0.25, 0.3) is 0 Å². The number of terminal acetylenes is 1. The molecule has 0 aliphatic rings. The number of hydrogen-bond acceptors (Lipinski definition) is 0. The van der Waals surface area contributed by atoms with Crippen molar-refractivity contribution >= 4 is 5.57 Å². The van der Waals surface area contributed by atoms with E-state index in [0.29, 0.717) is 0 Å². The molecule has 0 aliphatic heterocycles. The highest BCUT2D eigenvalue weighted by atomic mass is 14.1. The van der Waals surface area contributed by atoms with Gasteiger partial charge in [0.2, 0.25) is 0 Å². The summed E-state index contributed by atoms with van der Waals surface area (Å²) in [5.41, 5.74) is 3.43. The van der Waals surface area contributed by atoms with Crippen molar-refractivity contribution in [1.29, 1.82) is 0 Å². The maximum atomic E-state index is 5.39. The van der Waals surface area contributed by atoms with Gasteiger partial charge in [0, 0.05) is 5.92 Å². The maximum absolute atomic E-state index is 5.39. The van der Waals surface area contributed by atoms with Crippen molar-refractivity contribution in [3.8, 4) is 12.3 Å². The Morgan fingerprint density at radius 3 is 2.62 bits per heavy atom. The predicted octanol–water partition coefficient (Wildman–Crippen LogP) is 3.46. The Morgan fingerprint density at radius 1 is 1.46 bits per heavy atom.